The molecule has 3 rings (SSSR count). The number of halogens is 2. The number of hydrogen-bond acceptors (Lipinski definition) is 6. The summed E-state index contributed by atoms with van der Waals surface area (Å²) in [6.07, 6.45) is 1.93. The third kappa shape index (κ3) is 1.90. The molecule has 24 heavy (non-hydrogen) atoms. The predicted octanol–water partition coefficient (Wildman–Crippen LogP) is 1.74. The largest absolute Gasteiger partial charge is 0.496 e. The van der Waals surface area contributed by atoms with Crippen molar-refractivity contribution in [3.8, 4) is 0 Å². The Morgan fingerprint density at radius 3 is 2.42 bits per heavy atom. The van der Waals surface area contributed by atoms with Crippen LogP contribution in [0.2, 0.25) is 0 Å². The number of alkyl halides is 2. The van der Waals surface area contributed by atoms with Crippen LogP contribution in [0.25, 0.3) is 0 Å². The highest BCUT2D eigenvalue weighted by Crippen LogP contribution is 2.53. The first-order chi connectivity index (χ1) is 11.2. The number of ether oxygens (including phenoxy) is 3. The van der Waals surface area contributed by atoms with E-state index < -0.39 is 45.3 Å². The molecule has 0 amide bonds. The number of hydrogen-bond donors (Lipinski definition) is 0. The fraction of sp³-hybridized carbons (Fsp3) is 0.438. The standard InChI is InChI=1S/C16H14ClFO6/c1-7-4-8(19)5-10(22-2)15(7)13(21)12-9(20)6-11(23-3)16(17,18)14(12)24-15/h5-7H,4H2,1-3H3/t7-,15+,16?/m1/s1. The van der Waals surface area contributed by atoms with E-state index in [4.69, 9.17) is 25.8 Å². The highest BCUT2D eigenvalue weighted by Gasteiger charge is 2.65. The van der Waals surface area contributed by atoms with E-state index in [9.17, 15) is 18.8 Å². The van der Waals surface area contributed by atoms with E-state index in [0.717, 1.165) is 19.3 Å². The van der Waals surface area contributed by atoms with Gasteiger partial charge in [0.25, 0.3) is 5.13 Å². The molecule has 0 fully saturated rings. The smallest absolute Gasteiger partial charge is 0.297 e. The van der Waals surface area contributed by atoms with Crippen LogP contribution in [-0.2, 0) is 28.6 Å². The Kier molecular flexibility index (Phi) is 3.60. The minimum atomic E-state index is -2.79. The van der Waals surface area contributed by atoms with Crippen LogP contribution in [0.4, 0.5) is 4.39 Å². The van der Waals surface area contributed by atoms with Gasteiger partial charge in [0, 0.05) is 24.5 Å². The van der Waals surface area contributed by atoms with Gasteiger partial charge in [-0.05, 0) is 0 Å². The lowest BCUT2D eigenvalue weighted by atomic mass is 9.74. The van der Waals surface area contributed by atoms with E-state index >= 15 is 0 Å². The topological polar surface area (TPSA) is 78.9 Å². The first kappa shape index (κ1) is 16.7. The van der Waals surface area contributed by atoms with Crippen LogP contribution < -0.4 is 0 Å². The predicted molar refractivity (Wildman–Crippen MR) is 79.5 cm³/mol. The lowest BCUT2D eigenvalue weighted by Gasteiger charge is -2.37. The van der Waals surface area contributed by atoms with Crippen molar-refractivity contribution < 1.29 is 33.0 Å². The number of rotatable bonds is 2. The van der Waals surface area contributed by atoms with Crippen molar-refractivity contribution in [3.63, 3.8) is 0 Å². The highest BCUT2D eigenvalue weighted by atomic mass is 35.5. The molecule has 1 spiro atoms. The Bertz CT molecular complexity index is 763. The average molecular weight is 357 g/mol. The molecule has 2 aliphatic carbocycles. The van der Waals surface area contributed by atoms with Crippen molar-refractivity contribution in [2.24, 2.45) is 5.92 Å². The van der Waals surface area contributed by atoms with Gasteiger partial charge in [-0.3, -0.25) is 14.4 Å². The van der Waals surface area contributed by atoms with E-state index in [0.29, 0.717) is 0 Å². The van der Waals surface area contributed by atoms with Gasteiger partial charge < -0.3 is 14.2 Å². The molecule has 6 nitrogen and oxygen atoms in total. The first-order valence-corrected chi connectivity index (χ1v) is 7.53. The molecule has 8 heteroatoms. The average Bonchev–Trinajstić information content (AvgIpc) is 2.83. The number of Topliss-reactive ketones (excluding diaryl/α,β-unsaturated/α-hetero) is 1. The maximum Gasteiger partial charge on any atom is 0.297 e. The van der Waals surface area contributed by atoms with E-state index in [1.54, 1.807) is 6.92 Å². The summed E-state index contributed by atoms with van der Waals surface area (Å²) in [7, 11) is 2.41. The van der Waals surface area contributed by atoms with Crippen LogP contribution in [0.15, 0.2) is 35.0 Å². The van der Waals surface area contributed by atoms with Gasteiger partial charge in [0.05, 0.1) is 14.2 Å². The van der Waals surface area contributed by atoms with E-state index in [2.05, 4.69) is 0 Å². The lowest BCUT2D eigenvalue weighted by Crippen LogP contribution is -2.50. The summed E-state index contributed by atoms with van der Waals surface area (Å²) in [5.74, 6) is -3.64. The van der Waals surface area contributed by atoms with Crippen molar-refractivity contribution in [3.05, 3.63) is 35.0 Å². The summed E-state index contributed by atoms with van der Waals surface area (Å²) in [4.78, 5) is 37.0. The molecule has 0 N–H and O–H groups in total. The van der Waals surface area contributed by atoms with Gasteiger partial charge in [-0.2, -0.15) is 0 Å². The minimum Gasteiger partial charge on any atom is -0.496 e. The van der Waals surface area contributed by atoms with Gasteiger partial charge in [-0.15, -0.1) is 0 Å². The Labute approximate surface area is 141 Å². The summed E-state index contributed by atoms with van der Waals surface area (Å²) >= 11 is 5.87. The van der Waals surface area contributed by atoms with Crippen LogP contribution in [0.5, 0.6) is 0 Å². The second-order valence-corrected chi connectivity index (χ2v) is 6.33. The Balaban J connectivity index is 2.17. The van der Waals surface area contributed by atoms with Gasteiger partial charge in [0.15, 0.2) is 28.8 Å². The molecule has 1 heterocycles. The van der Waals surface area contributed by atoms with Gasteiger partial charge in [-0.25, -0.2) is 4.39 Å². The quantitative estimate of drug-likeness (QED) is 0.554. The van der Waals surface area contributed by atoms with Crippen molar-refractivity contribution in [2.45, 2.75) is 24.1 Å². The fourth-order valence-corrected chi connectivity index (χ4v) is 3.54. The van der Waals surface area contributed by atoms with Gasteiger partial charge >= 0.3 is 0 Å². The zero-order valence-corrected chi connectivity index (χ0v) is 13.9. The minimum absolute atomic E-state index is 0.0144. The molecule has 1 unspecified atom stereocenters. The van der Waals surface area contributed by atoms with Crippen LogP contribution in [-0.4, -0.2) is 42.3 Å². The molecular formula is C16H14ClFO6. The Hall–Kier alpha value is -2.15. The van der Waals surface area contributed by atoms with Crippen LogP contribution >= 0.6 is 11.6 Å². The molecule has 0 aromatic carbocycles. The third-order valence-corrected chi connectivity index (χ3v) is 4.81. The number of carbonyl (C=O) groups excluding carboxylic acids is 3. The van der Waals surface area contributed by atoms with E-state index in [1.807, 2.05) is 0 Å². The van der Waals surface area contributed by atoms with Crippen LogP contribution in [0.3, 0.4) is 0 Å². The third-order valence-electron chi connectivity index (χ3n) is 4.46. The van der Waals surface area contributed by atoms with Crippen LogP contribution in [0.1, 0.15) is 13.3 Å². The van der Waals surface area contributed by atoms with Crippen LogP contribution in [0, 0.1) is 5.92 Å². The molecular weight excluding hydrogens is 343 g/mol. The van der Waals surface area contributed by atoms with E-state index in [1.165, 1.54) is 7.11 Å². The maximum absolute atomic E-state index is 15.0. The van der Waals surface area contributed by atoms with Crippen molar-refractivity contribution >= 4 is 29.0 Å². The van der Waals surface area contributed by atoms with Crippen molar-refractivity contribution in [2.75, 3.05) is 14.2 Å². The number of allylic oxidation sites excluding steroid dienone is 2. The van der Waals surface area contributed by atoms with Crippen molar-refractivity contribution in [1.29, 1.82) is 0 Å². The molecule has 0 saturated carbocycles. The Morgan fingerprint density at radius 1 is 1.21 bits per heavy atom. The normalized spacial score (nSPS) is 35.5. The summed E-state index contributed by atoms with van der Waals surface area (Å²) in [6.45, 7) is 1.59. The molecule has 0 saturated heterocycles. The number of methoxy groups -OCH3 is 2. The summed E-state index contributed by atoms with van der Waals surface area (Å²) in [5, 5.41) is -2.79. The zero-order chi connectivity index (χ0) is 17.9. The molecule has 0 aromatic rings. The fourth-order valence-electron chi connectivity index (χ4n) is 3.27. The lowest BCUT2D eigenvalue weighted by molar-refractivity contribution is -0.140. The van der Waals surface area contributed by atoms with Gasteiger partial charge in [0.2, 0.25) is 11.4 Å². The zero-order valence-electron chi connectivity index (χ0n) is 13.1. The monoisotopic (exact) mass is 356 g/mol. The maximum atomic E-state index is 15.0. The summed E-state index contributed by atoms with van der Waals surface area (Å²) in [5.41, 5.74) is -2.27. The van der Waals surface area contributed by atoms with Gasteiger partial charge in [0.1, 0.15) is 5.57 Å². The molecule has 128 valence electrons. The van der Waals surface area contributed by atoms with Crippen molar-refractivity contribution in [1.82, 2.24) is 0 Å². The van der Waals surface area contributed by atoms with E-state index in [-0.39, 0.29) is 18.0 Å². The molecule has 1 aliphatic heterocycles. The molecule has 3 atom stereocenters. The molecule has 3 aliphatic rings. The second-order valence-electron chi connectivity index (χ2n) is 5.81. The SMILES string of the molecule is COC1=CC(=O)C2=C(O[C@]3(C2=O)C(OC)=CC(=O)C[C@H]3C)C1(F)Cl. The Morgan fingerprint density at radius 2 is 1.83 bits per heavy atom. The number of ketones is 3. The molecule has 0 aromatic heterocycles. The highest BCUT2D eigenvalue weighted by molar-refractivity contribution is 6.35. The van der Waals surface area contributed by atoms with Gasteiger partial charge in [-0.1, -0.05) is 18.5 Å². The summed E-state index contributed by atoms with van der Waals surface area (Å²) < 4.78 is 30.5. The molecule has 0 bridgehead atoms. The summed E-state index contributed by atoms with van der Waals surface area (Å²) in [6, 6.07) is 0. The number of carbonyl (C=O) groups is 3. The first-order valence-electron chi connectivity index (χ1n) is 7.16. The second kappa shape index (κ2) is 5.17. The molecule has 0 radical (unpaired) electrons.